The van der Waals surface area contributed by atoms with Crippen molar-refractivity contribution in [2.24, 2.45) is 0 Å². The Morgan fingerprint density at radius 1 is 1.19 bits per heavy atom. The predicted molar refractivity (Wildman–Crippen MR) is 100 cm³/mol. The molecule has 1 fully saturated rings. The molecule has 0 aliphatic heterocycles. The van der Waals surface area contributed by atoms with Crippen LogP contribution in [0.4, 0.5) is 0 Å². The van der Waals surface area contributed by atoms with E-state index in [2.05, 4.69) is 10.3 Å². The summed E-state index contributed by atoms with van der Waals surface area (Å²) in [6.45, 7) is -0.273. The van der Waals surface area contributed by atoms with Gasteiger partial charge in [-0.3, -0.25) is 0 Å². The summed E-state index contributed by atoms with van der Waals surface area (Å²) in [5, 5.41) is 32.5. The van der Waals surface area contributed by atoms with Crippen LogP contribution in [0.15, 0.2) is 12.1 Å². The topological polar surface area (TPSA) is 115 Å². The standard InChI is InChI=1S/C20H26N2O5/c1-21-7-16-18(17(11-3-4-11)19(22-16)20(26)27-2)13-6-5-12(8-23)14(9-24)15(13)10-25/h5-6,11,21-25H,3-4,7-10H2,1-2H3. The lowest BCUT2D eigenvalue weighted by Gasteiger charge is -2.17. The third-order valence-electron chi connectivity index (χ3n) is 5.13. The number of aliphatic hydroxyl groups excluding tert-OH is 3. The Balaban J connectivity index is 2.30. The summed E-state index contributed by atoms with van der Waals surface area (Å²) in [6.07, 6.45) is 1.98. The SMILES string of the molecule is CNCc1[nH]c(C(=O)OC)c(C2CC2)c1-c1ccc(CO)c(CO)c1CO. The van der Waals surface area contributed by atoms with Crippen LogP contribution in [-0.4, -0.2) is 40.4 Å². The largest absolute Gasteiger partial charge is 0.464 e. The number of benzene rings is 1. The molecule has 0 unspecified atom stereocenters. The maximum Gasteiger partial charge on any atom is 0.354 e. The Kier molecular flexibility index (Phi) is 5.96. The molecular weight excluding hydrogens is 348 g/mol. The number of esters is 1. The van der Waals surface area contributed by atoms with Crippen molar-refractivity contribution in [3.63, 3.8) is 0 Å². The van der Waals surface area contributed by atoms with Gasteiger partial charge in [0, 0.05) is 17.8 Å². The fourth-order valence-electron chi connectivity index (χ4n) is 3.73. The first-order chi connectivity index (χ1) is 13.1. The Labute approximate surface area is 158 Å². The van der Waals surface area contributed by atoms with Gasteiger partial charge in [0.1, 0.15) is 5.69 Å². The van der Waals surface area contributed by atoms with Crippen LogP contribution in [0.1, 0.15) is 57.2 Å². The zero-order chi connectivity index (χ0) is 19.6. The zero-order valence-corrected chi connectivity index (χ0v) is 15.6. The van der Waals surface area contributed by atoms with Crippen LogP contribution in [0.2, 0.25) is 0 Å². The summed E-state index contributed by atoms with van der Waals surface area (Å²) >= 11 is 0. The van der Waals surface area contributed by atoms with E-state index in [9.17, 15) is 20.1 Å². The zero-order valence-electron chi connectivity index (χ0n) is 15.6. The number of rotatable bonds is 8. The molecule has 1 aromatic carbocycles. The van der Waals surface area contributed by atoms with Gasteiger partial charge >= 0.3 is 5.97 Å². The highest BCUT2D eigenvalue weighted by atomic mass is 16.5. The van der Waals surface area contributed by atoms with Gasteiger partial charge in [-0.2, -0.15) is 0 Å². The number of hydrogen-bond acceptors (Lipinski definition) is 6. The van der Waals surface area contributed by atoms with Gasteiger partial charge in [0.2, 0.25) is 0 Å². The van der Waals surface area contributed by atoms with Crippen molar-refractivity contribution in [1.82, 2.24) is 10.3 Å². The monoisotopic (exact) mass is 374 g/mol. The number of hydrogen-bond donors (Lipinski definition) is 5. The second-order valence-corrected chi connectivity index (χ2v) is 6.77. The van der Waals surface area contributed by atoms with Crippen LogP contribution in [0, 0.1) is 0 Å². The quantitative estimate of drug-likeness (QED) is 0.448. The van der Waals surface area contributed by atoms with E-state index < -0.39 is 5.97 Å². The highest BCUT2D eigenvalue weighted by Gasteiger charge is 2.35. The molecule has 1 aromatic heterocycles. The molecule has 1 aliphatic rings. The highest BCUT2D eigenvalue weighted by Crippen LogP contribution is 2.48. The average Bonchev–Trinajstić information content (AvgIpc) is 3.47. The molecule has 3 rings (SSSR count). The summed E-state index contributed by atoms with van der Waals surface area (Å²) in [7, 11) is 3.18. The number of methoxy groups -OCH3 is 1. The molecule has 0 atom stereocenters. The minimum atomic E-state index is -0.416. The van der Waals surface area contributed by atoms with Crippen molar-refractivity contribution in [2.45, 2.75) is 45.1 Å². The van der Waals surface area contributed by atoms with E-state index in [1.807, 2.05) is 13.1 Å². The fourth-order valence-corrected chi connectivity index (χ4v) is 3.73. The Bertz CT molecular complexity index is 839. The molecule has 1 saturated carbocycles. The maximum absolute atomic E-state index is 12.3. The van der Waals surface area contributed by atoms with E-state index in [1.165, 1.54) is 7.11 Å². The number of nitrogens with one attached hydrogen (secondary N) is 2. The van der Waals surface area contributed by atoms with Crippen molar-refractivity contribution in [1.29, 1.82) is 0 Å². The Morgan fingerprint density at radius 3 is 2.41 bits per heavy atom. The van der Waals surface area contributed by atoms with E-state index in [4.69, 9.17) is 4.74 Å². The van der Waals surface area contributed by atoms with Gasteiger partial charge in [-0.25, -0.2) is 4.79 Å². The molecule has 0 amide bonds. The summed E-state index contributed by atoms with van der Waals surface area (Å²) in [5.41, 5.74) is 5.48. The molecular formula is C20H26N2O5. The molecule has 0 saturated heterocycles. The van der Waals surface area contributed by atoms with Gasteiger partial charge in [0.15, 0.2) is 0 Å². The van der Waals surface area contributed by atoms with Crippen molar-refractivity contribution < 1.29 is 24.9 Å². The van der Waals surface area contributed by atoms with E-state index in [1.54, 1.807) is 6.07 Å². The van der Waals surface area contributed by atoms with E-state index in [-0.39, 0.29) is 25.7 Å². The van der Waals surface area contributed by atoms with Crippen LogP contribution >= 0.6 is 0 Å². The summed E-state index contributed by atoms with van der Waals surface area (Å²) < 4.78 is 4.96. The number of carbonyl (C=O) groups is 1. The van der Waals surface area contributed by atoms with E-state index in [0.29, 0.717) is 28.9 Å². The van der Waals surface area contributed by atoms with Crippen molar-refractivity contribution >= 4 is 5.97 Å². The fraction of sp³-hybridized carbons (Fsp3) is 0.450. The van der Waals surface area contributed by atoms with Gasteiger partial charge in [0.25, 0.3) is 0 Å². The summed E-state index contributed by atoms with van der Waals surface area (Å²) in [5.74, 6) is -0.155. The van der Waals surface area contributed by atoms with Gasteiger partial charge in [-0.1, -0.05) is 12.1 Å². The molecule has 7 nitrogen and oxygen atoms in total. The highest BCUT2D eigenvalue weighted by molar-refractivity contribution is 5.94. The normalized spacial score (nSPS) is 13.8. The Hall–Kier alpha value is -2.19. The van der Waals surface area contributed by atoms with Gasteiger partial charge in [-0.05, 0) is 53.6 Å². The van der Waals surface area contributed by atoms with E-state index in [0.717, 1.165) is 35.2 Å². The second-order valence-electron chi connectivity index (χ2n) is 6.77. The first kappa shape index (κ1) is 19.6. The molecule has 1 heterocycles. The molecule has 0 radical (unpaired) electrons. The molecule has 7 heteroatoms. The average molecular weight is 374 g/mol. The third-order valence-corrected chi connectivity index (χ3v) is 5.13. The number of ether oxygens (including phenoxy) is 1. The smallest absolute Gasteiger partial charge is 0.354 e. The first-order valence-corrected chi connectivity index (χ1v) is 9.05. The number of aliphatic hydroxyl groups is 3. The van der Waals surface area contributed by atoms with Crippen molar-refractivity contribution in [2.75, 3.05) is 14.2 Å². The third kappa shape index (κ3) is 3.51. The molecule has 1 aliphatic carbocycles. The lowest BCUT2D eigenvalue weighted by atomic mass is 9.89. The van der Waals surface area contributed by atoms with Gasteiger partial charge in [0.05, 0.1) is 26.9 Å². The van der Waals surface area contributed by atoms with Crippen LogP contribution in [0.25, 0.3) is 11.1 Å². The molecule has 0 bridgehead atoms. The molecule has 2 aromatic rings. The number of carbonyl (C=O) groups excluding carboxylic acids is 1. The minimum absolute atomic E-state index is 0.220. The van der Waals surface area contributed by atoms with E-state index >= 15 is 0 Å². The summed E-state index contributed by atoms with van der Waals surface area (Å²) in [4.78, 5) is 15.6. The predicted octanol–water partition coefficient (Wildman–Crippen LogP) is 1.54. The van der Waals surface area contributed by atoms with Gasteiger partial charge < -0.3 is 30.4 Å². The lowest BCUT2D eigenvalue weighted by molar-refractivity contribution is 0.0593. The first-order valence-electron chi connectivity index (χ1n) is 9.05. The second kappa shape index (κ2) is 8.22. The van der Waals surface area contributed by atoms with Crippen molar-refractivity contribution in [3.8, 4) is 11.1 Å². The van der Waals surface area contributed by atoms with Gasteiger partial charge in [-0.15, -0.1) is 0 Å². The lowest BCUT2D eigenvalue weighted by Crippen LogP contribution is -2.08. The molecule has 27 heavy (non-hydrogen) atoms. The Morgan fingerprint density at radius 2 is 1.89 bits per heavy atom. The maximum atomic E-state index is 12.3. The number of H-pyrrole nitrogens is 1. The summed E-state index contributed by atoms with van der Waals surface area (Å²) in [6, 6.07) is 3.59. The molecule has 5 N–H and O–H groups in total. The van der Waals surface area contributed by atoms with Crippen LogP contribution in [0.5, 0.6) is 0 Å². The van der Waals surface area contributed by atoms with Crippen molar-refractivity contribution in [3.05, 3.63) is 45.8 Å². The molecule has 0 spiro atoms. The van der Waals surface area contributed by atoms with Crippen LogP contribution in [0.3, 0.4) is 0 Å². The van der Waals surface area contributed by atoms with Crippen LogP contribution < -0.4 is 5.32 Å². The number of aromatic amines is 1. The van der Waals surface area contributed by atoms with Crippen LogP contribution in [-0.2, 0) is 31.1 Å². The minimum Gasteiger partial charge on any atom is -0.464 e. The molecule has 146 valence electrons. The number of aromatic nitrogens is 1.